The van der Waals surface area contributed by atoms with Crippen molar-refractivity contribution in [1.82, 2.24) is 4.98 Å². The molecule has 0 bridgehead atoms. The Hall–Kier alpha value is -2.15. The van der Waals surface area contributed by atoms with Crippen LogP contribution in [0.15, 0.2) is 34.9 Å². The Labute approximate surface area is 129 Å². The topological polar surface area (TPSA) is 63.2 Å². The molecule has 2 N–H and O–H groups in total. The highest BCUT2D eigenvalue weighted by Gasteiger charge is 2.15. The molecule has 0 fully saturated rings. The lowest BCUT2D eigenvalue weighted by atomic mass is 10.2. The molecule has 0 atom stereocenters. The summed E-state index contributed by atoms with van der Waals surface area (Å²) in [5.74, 6) is -0.156. The highest BCUT2D eigenvalue weighted by atomic mass is 79.9. The molecule has 0 aliphatic heterocycles. The molecule has 1 aromatic carbocycles. The number of carbonyl (C=O) groups excluding carboxylic acids is 1. The molecule has 21 heavy (non-hydrogen) atoms. The molecule has 5 nitrogen and oxygen atoms in total. The van der Waals surface area contributed by atoms with Crippen LogP contribution >= 0.6 is 15.9 Å². The van der Waals surface area contributed by atoms with Crippen molar-refractivity contribution in [3.8, 4) is 5.75 Å². The molecular weight excluding hydrogens is 341 g/mol. The lowest BCUT2D eigenvalue weighted by Crippen LogP contribution is -2.15. The van der Waals surface area contributed by atoms with Gasteiger partial charge in [0.05, 0.1) is 24.6 Å². The first-order valence-electron chi connectivity index (χ1n) is 6.03. The van der Waals surface area contributed by atoms with Crippen molar-refractivity contribution < 1.29 is 13.9 Å². The number of carbonyl (C=O) groups is 1. The SMILES string of the molecule is CNc1ncc(F)cc1C(=O)Nc1cc(OC)ccc1Br. The van der Waals surface area contributed by atoms with Gasteiger partial charge in [0.15, 0.2) is 0 Å². The first-order valence-corrected chi connectivity index (χ1v) is 6.82. The first kappa shape index (κ1) is 15.2. The minimum Gasteiger partial charge on any atom is -0.497 e. The van der Waals surface area contributed by atoms with Crippen LogP contribution in [-0.2, 0) is 0 Å². The van der Waals surface area contributed by atoms with Crippen molar-refractivity contribution in [3.63, 3.8) is 0 Å². The van der Waals surface area contributed by atoms with E-state index in [0.717, 1.165) is 12.3 Å². The number of amides is 1. The third kappa shape index (κ3) is 3.49. The van der Waals surface area contributed by atoms with Gasteiger partial charge in [-0.25, -0.2) is 9.37 Å². The Morgan fingerprint density at radius 3 is 2.81 bits per heavy atom. The molecule has 110 valence electrons. The van der Waals surface area contributed by atoms with Crippen molar-refractivity contribution in [2.24, 2.45) is 0 Å². The fourth-order valence-corrected chi connectivity index (χ4v) is 2.07. The molecule has 2 aromatic rings. The van der Waals surface area contributed by atoms with Gasteiger partial charge in [0, 0.05) is 17.6 Å². The zero-order chi connectivity index (χ0) is 15.4. The number of nitrogens with zero attached hydrogens (tertiary/aromatic N) is 1. The lowest BCUT2D eigenvalue weighted by Gasteiger charge is -2.11. The molecule has 0 radical (unpaired) electrons. The Kier molecular flexibility index (Phi) is 4.74. The molecular formula is C14H13BrFN3O2. The minimum atomic E-state index is -0.580. The summed E-state index contributed by atoms with van der Waals surface area (Å²) in [6, 6.07) is 6.29. The maximum atomic E-state index is 13.3. The second-order valence-corrected chi connectivity index (χ2v) is 4.95. The highest BCUT2D eigenvalue weighted by Crippen LogP contribution is 2.28. The number of benzene rings is 1. The van der Waals surface area contributed by atoms with E-state index in [1.54, 1.807) is 25.2 Å². The van der Waals surface area contributed by atoms with Crippen molar-refractivity contribution in [2.75, 3.05) is 24.8 Å². The summed E-state index contributed by atoms with van der Waals surface area (Å²) in [5, 5.41) is 5.44. The van der Waals surface area contributed by atoms with Crippen molar-refractivity contribution in [2.45, 2.75) is 0 Å². The number of methoxy groups -OCH3 is 1. The predicted molar refractivity (Wildman–Crippen MR) is 82.4 cm³/mol. The molecule has 0 aliphatic rings. The third-order valence-electron chi connectivity index (χ3n) is 2.76. The number of aromatic nitrogens is 1. The molecule has 0 unspecified atom stereocenters. The smallest absolute Gasteiger partial charge is 0.259 e. The zero-order valence-electron chi connectivity index (χ0n) is 11.4. The summed E-state index contributed by atoms with van der Waals surface area (Å²) in [6.45, 7) is 0. The number of pyridine rings is 1. The normalized spacial score (nSPS) is 10.1. The van der Waals surface area contributed by atoms with Gasteiger partial charge in [-0.15, -0.1) is 0 Å². The Balaban J connectivity index is 2.32. The van der Waals surface area contributed by atoms with Crippen LogP contribution in [0.25, 0.3) is 0 Å². The van der Waals surface area contributed by atoms with E-state index < -0.39 is 11.7 Å². The monoisotopic (exact) mass is 353 g/mol. The Morgan fingerprint density at radius 1 is 1.38 bits per heavy atom. The van der Waals surface area contributed by atoms with E-state index >= 15 is 0 Å². The van der Waals surface area contributed by atoms with Gasteiger partial charge in [0.25, 0.3) is 5.91 Å². The maximum Gasteiger partial charge on any atom is 0.259 e. The van der Waals surface area contributed by atoms with Gasteiger partial charge >= 0.3 is 0 Å². The molecule has 0 saturated carbocycles. The lowest BCUT2D eigenvalue weighted by molar-refractivity contribution is 0.102. The van der Waals surface area contributed by atoms with E-state index in [1.807, 2.05) is 0 Å². The third-order valence-corrected chi connectivity index (χ3v) is 3.45. The fraction of sp³-hybridized carbons (Fsp3) is 0.143. The predicted octanol–water partition coefficient (Wildman–Crippen LogP) is 3.29. The summed E-state index contributed by atoms with van der Waals surface area (Å²) in [5.41, 5.74) is 0.637. The largest absolute Gasteiger partial charge is 0.497 e. The van der Waals surface area contributed by atoms with Crippen LogP contribution in [0.5, 0.6) is 5.75 Å². The van der Waals surface area contributed by atoms with Gasteiger partial charge in [0.2, 0.25) is 0 Å². The Morgan fingerprint density at radius 2 is 2.14 bits per heavy atom. The summed E-state index contributed by atoms with van der Waals surface area (Å²) >= 11 is 3.34. The molecule has 1 amide bonds. The number of halogens is 2. The molecule has 0 aliphatic carbocycles. The maximum absolute atomic E-state index is 13.3. The molecule has 0 spiro atoms. The summed E-state index contributed by atoms with van der Waals surface area (Å²) in [4.78, 5) is 16.1. The van der Waals surface area contributed by atoms with Crippen LogP contribution in [0.3, 0.4) is 0 Å². The highest BCUT2D eigenvalue weighted by molar-refractivity contribution is 9.10. The average Bonchev–Trinajstić information content (AvgIpc) is 2.49. The van der Waals surface area contributed by atoms with Crippen molar-refractivity contribution in [1.29, 1.82) is 0 Å². The summed E-state index contributed by atoms with van der Waals surface area (Å²) < 4.78 is 19.1. The number of hydrogen-bond donors (Lipinski definition) is 2. The van der Waals surface area contributed by atoms with Crippen LogP contribution in [-0.4, -0.2) is 25.0 Å². The van der Waals surface area contributed by atoms with Gasteiger partial charge in [-0.1, -0.05) is 0 Å². The van der Waals surface area contributed by atoms with Gasteiger partial charge in [-0.05, 0) is 34.1 Å². The van der Waals surface area contributed by atoms with E-state index in [0.29, 0.717) is 21.7 Å². The van der Waals surface area contributed by atoms with E-state index in [-0.39, 0.29) is 5.56 Å². The van der Waals surface area contributed by atoms with Crippen LogP contribution < -0.4 is 15.4 Å². The zero-order valence-corrected chi connectivity index (χ0v) is 13.0. The number of hydrogen-bond acceptors (Lipinski definition) is 4. The van der Waals surface area contributed by atoms with Crippen molar-refractivity contribution in [3.05, 3.63) is 46.3 Å². The number of rotatable bonds is 4. The van der Waals surface area contributed by atoms with Gasteiger partial charge in [-0.2, -0.15) is 0 Å². The average molecular weight is 354 g/mol. The van der Waals surface area contributed by atoms with Gasteiger partial charge in [0.1, 0.15) is 17.4 Å². The first-order chi connectivity index (χ1) is 10.0. The Bertz CT molecular complexity index is 679. The minimum absolute atomic E-state index is 0.118. The van der Waals surface area contributed by atoms with Crippen molar-refractivity contribution >= 4 is 33.3 Å². The molecule has 7 heteroatoms. The number of ether oxygens (including phenoxy) is 1. The summed E-state index contributed by atoms with van der Waals surface area (Å²) in [6.07, 6.45) is 1.05. The second kappa shape index (κ2) is 6.53. The van der Waals surface area contributed by atoms with Gasteiger partial charge in [-0.3, -0.25) is 4.79 Å². The standard InChI is InChI=1S/C14H13BrFN3O2/c1-17-13-10(5-8(16)7-18-13)14(20)19-12-6-9(21-2)3-4-11(12)15/h3-7H,1-2H3,(H,17,18)(H,19,20). The molecule has 0 saturated heterocycles. The molecule has 2 rings (SSSR count). The van der Waals surface area contributed by atoms with E-state index in [4.69, 9.17) is 4.74 Å². The molecule has 1 heterocycles. The second-order valence-electron chi connectivity index (χ2n) is 4.10. The van der Waals surface area contributed by atoms with E-state index in [9.17, 15) is 9.18 Å². The van der Waals surface area contributed by atoms with Gasteiger partial charge < -0.3 is 15.4 Å². The number of anilines is 2. The quantitative estimate of drug-likeness (QED) is 0.885. The van der Waals surface area contributed by atoms with E-state index in [2.05, 4.69) is 31.5 Å². The fourth-order valence-electron chi connectivity index (χ4n) is 1.73. The van der Waals surface area contributed by atoms with Crippen LogP contribution in [0.4, 0.5) is 15.9 Å². The van der Waals surface area contributed by atoms with Crippen LogP contribution in [0.1, 0.15) is 10.4 Å². The van der Waals surface area contributed by atoms with E-state index in [1.165, 1.54) is 7.11 Å². The summed E-state index contributed by atoms with van der Waals surface area (Å²) in [7, 11) is 3.14. The molecule has 1 aromatic heterocycles. The number of nitrogens with one attached hydrogen (secondary N) is 2. The van der Waals surface area contributed by atoms with Crippen LogP contribution in [0, 0.1) is 5.82 Å². The van der Waals surface area contributed by atoms with Crippen LogP contribution in [0.2, 0.25) is 0 Å².